The molecular formula is C25H24FN3O3S. The molecule has 1 aliphatic heterocycles. The normalized spacial score (nSPS) is 13.9. The number of nitrogens with zero attached hydrogens (tertiary/aromatic N) is 1. The first-order valence-electron chi connectivity index (χ1n) is 10.6. The minimum Gasteiger partial charge on any atom is -0.369 e. The summed E-state index contributed by atoms with van der Waals surface area (Å²) >= 11 is 0. The van der Waals surface area contributed by atoms with E-state index in [-0.39, 0.29) is 5.82 Å². The van der Waals surface area contributed by atoms with E-state index in [1.54, 1.807) is 24.3 Å². The zero-order valence-corrected chi connectivity index (χ0v) is 18.7. The predicted molar refractivity (Wildman–Crippen MR) is 130 cm³/mol. The first kappa shape index (κ1) is 22.5. The smallest absolute Gasteiger partial charge is 0.255 e. The highest BCUT2D eigenvalue weighted by Crippen LogP contribution is 2.26. The predicted octanol–water partition coefficient (Wildman–Crippen LogP) is 5.09. The number of carbonyl (C=O) groups excluding carboxylic acids is 1. The Morgan fingerprint density at radius 1 is 0.909 bits per heavy atom. The van der Waals surface area contributed by atoms with Crippen LogP contribution in [0, 0.1) is 5.82 Å². The molecule has 33 heavy (non-hydrogen) atoms. The van der Waals surface area contributed by atoms with Gasteiger partial charge in [-0.15, -0.1) is 0 Å². The summed E-state index contributed by atoms with van der Waals surface area (Å²) in [6.45, 7) is 1.67. The minimum atomic E-state index is -3.71. The van der Waals surface area contributed by atoms with Crippen molar-refractivity contribution in [1.29, 1.82) is 0 Å². The second kappa shape index (κ2) is 9.87. The lowest BCUT2D eigenvalue weighted by atomic mass is 10.2. The number of hydrogen-bond acceptors (Lipinski definition) is 4. The topological polar surface area (TPSA) is 78.5 Å². The Labute approximate surface area is 192 Å². The van der Waals surface area contributed by atoms with E-state index >= 15 is 0 Å². The molecule has 0 saturated carbocycles. The molecule has 1 fully saturated rings. The quantitative estimate of drug-likeness (QED) is 0.509. The van der Waals surface area contributed by atoms with Crippen molar-refractivity contribution in [2.75, 3.05) is 28.0 Å². The molecule has 0 spiro atoms. The average molecular weight is 466 g/mol. The summed E-state index contributed by atoms with van der Waals surface area (Å²) in [6.07, 6.45) is 3.60. The third-order valence-electron chi connectivity index (χ3n) is 5.30. The maximum absolute atomic E-state index is 14.5. The summed E-state index contributed by atoms with van der Waals surface area (Å²) in [7, 11) is -3.71. The molecule has 6 nitrogen and oxygen atoms in total. The molecule has 0 atom stereocenters. The van der Waals surface area contributed by atoms with Crippen molar-refractivity contribution in [3.05, 3.63) is 95.1 Å². The summed E-state index contributed by atoms with van der Waals surface area (Å²) in [5.74, 6) is -0.787. The van der Waals surface area contributed by atoms with Crippen molar-refractivity contribution >= 4 is 39.1 Å². The zero-order chi connectivity index (χ0) is 23.3. The highest BCUT2D eigenvalue weighted by molar-refractivity contribution is 7.95. The molecular weight excluding hydrogens is 441 g/mol. The molecule has 8 heteroatoms. The van der Waals surface area contributed by atoms with Gasteiger partial charge in [-0.2, -0.15) is 0 Å². The SMILES string of the molecule is O=C(Nc1ccc(N2CCCC2)c(F)c1)c1ccc(NS(=O)(=O)/C=C/c2ccccc2)cc1. The first-order valence-corrected chi connectivity index (χ1v) is 12.2. The Kier molecular flexibility index (Phi) is 6.74. The van der Waals surface area contributed by atoms with Gasteiger partial charge in [0.05, 0.1) is 11.1 Å². The molecule has 2 N–H and O–H groups in total. The molecule has 0 aliphatic carbocycles. The van der Waals surface area contributed by atoms with E-state index in [0.717, 1.165) is 36.9 Å². The van der Waals surface area contributed by atoms with E-state index in [1.807, 2.05) is 23.1 Å². The molecule has 170 valence electrons. The first-order chi connectivity index (χ1) is 15.9. The van der Waals surface area contributed by atoms with Gasteiger partial charge in [0.2, 0.25) is 0 Å². The fraction of sp³-hybridized carbons (Fsp3) is 0.160. The lowest BCUT2D eigenvalue weighted by Crippen LogP contribution is -2.19. The van der Waals surface area contributed by atoms with Crippen molar-refractivity contribution in [2.24, 2.45) is 0 Å². The van der Waals surface area contributed by atoms with Crippen molar-refractivity contribution in [2.45, 2.75) is 12.8 Å². The van der Waals surface area contributed by atoms with Crippen LogP contribution in [-0.4, -0.2) is 27.4 Å². The zero-order valence-electron chi connectivity index (χ0n) is 17.9. The number of rotatable bonds is 7. The fourth-order valence-corrected chi connectivity index (χ4v) is 4.49. The highest BCUT2D eigenvalue weighted by atomic mass is 32.2. The number of sulfonamides is 1. The Hall–Kier alpha value is -3.65. The number of hydrogen-bond donors (Lipinski definition) is 2. The van der Waals surface area contributed by atoms with Crippen LogP contribution in [0.4, 0.5) is 21.5 Å². The molecule has 3 aromatic rings. The Balaban J connectivity index is 1.38. The maximum Gasteiger partial charge on any atom is 0.255 e. The standard InChI is InChI=1S/C25H24FN3O3S/c26-23-18-22(12-13-24(23)29-15-4-5-16-29)27-25(30)20-8-10-21(11-9-20)28-33(31,32)17-14-19-6-2-1-3-7-19/h1-3,6-14,17-18,28H,4-5,15-16H2,(H,27,30)/b17-14+. The summed E-state index contributed by atoms with van der Waals surface area (Å²) < 4.78 is 41.5. The molecule has 0 bridgehead atoms. The Morgan fingerprint density at radius 3 is 2.24 bits per heavy atom. The minimum absolute atomic E-state index is 0.321. The second-order valence-electron chi connectivity index (χ2n) is 7.75. The molecule has 0 radical (unpaired) electrons. The van der Waals surface area contributed by atoms with Gasteiger partial charge in [0, 0.05) is 30.0 Å². The summed E-state index contributed by atoms with van der Waals surface area (Å²) in [4.78, 5) is 14.5. The van der Waals surface area contributed by atoms with E-state index in [4.69, 9.17) is 0 Å². The van der Waals surface area contributed by atoms with Crippen molar-refractivity contribution in [1.82, 2.24) is 0 Å². The van der Waals surface area contributed by atoms with Gasteiger partial charge in [0.15, 0.2) is 0 Å². The third-order valence-corrected chi connectivity index (χ3v) is 6.31. The number of halogens is 1. The van der Waals surface area contributed by atoms with Crippen LogP contribution >= 0.6 is 0 Å². The summed E-state index contributed by atoms with van der Waals surface area (Å²) in [5.41, 5.74) is 2.31. The number of benzene rings is 3. The van der Waals surface area contributed by atoms with E-state index in [2.05, 4.69) is 10.0 Å². The molecule has 4 rings (SSSR count). The van der Waals surface area contributed by atoms with E-state index < -0.39 is 15.9 Å². The van der Waals surface area contributed by atoms with Crippen LogP contribution in [0.1, 0.15) is 28.8 Å². The van der Waals surface area contributed by atoms with Crippen LogP contribution < -0.4 is 14.9 Å². The lowest BCUT2D eigenvalue weighted by Gasteiger charge is -2.18. The van der Waals surface area contributed by atoms with Gasteiger partial charge in [0.1, 0.15) is 5.82 Å². The maximum atomic E-state index is 14.5. The summed E-state index contributed by atoms with van der Waals surface area (Å²) in [5, 5.41) is 3.76. The molecule has 0 unspecified atom stereocenters. The largest absolute Gasteiger partial charge is 0.369 e. The number of anilines is 3. The lowest BCUT2D eigenvalue weighted by molar-refractivity contribution is 0.102. The molecule has 1 amide bonds. The van der Waals surface area contributed by atoms with Crippen molar-refractivity contribution < 1.29 is 17.6 Å². The molecule has 1 aliphatic rings. The van der Waals surface area contributed by atoms with E-state index in [1.165, 1.54) is 36.4 Å². The van der Waals surface area contributed by atoms with Crippen LogP contribution in [0.15, 0.2) is 78.2 Å². The number of nitrogens with one attached hydrogen (secondary N) is 2. The van der Waals surface area contributed by atoms with Gasteiger partial charge in [-0.25, -0.2) is 12.8 Å². The number of carbonyl (C=O) groups is 1. The monoisotopic (exact) mass is 465 g/mol. The van der Waals surface area contributed by atoms with Gasteiger partial charge in [-0.3, -0.25) is 9.52 Å². The van der Waals surface area contributed by atoms with E-state index in [0.29, 0.717) is 22.6 Å². The van der Waals surface area contributed by atoms with E-state index in [9.17, 15) is 17.6 Å². The van der Waals surface area contributed by atoms with Crippen LogP contribution in [-0.2, 0) is 10.0 Å². The van der Waals surface area contributed by atoms with Crippen LogP contribution in [0.2, 0.25) is 0 Å². The molecule has 1 heterocycles. The van der Waals surface area contributed by atoms with Crippen LogP contribution in [0.25, 0.3) is 6.08 Å². The van der Waals surface area contributed by atoms with Gasteiger partial charge in [0.25, 0.3) is 15.9 Å². The van der Waals surface area contributed by atoms with Crippen LogP contribution in [0.3, 0.4) is 0 Å². The third kappa shape index (κ3) is 5.98. The fourth-order valence-electron chi connectivity index (χ4n) is 3.62. The second-order valence-corrected chi connectivity index (χ2v) is 9.32. The molecule has 3 aromatic carbocycles. The van der Waals surface area contributed by atoms with Crippen LogP contribution in [0.5, 0.6) is 0 Å². The van der Waals surface area contributed by atoms with Gasteiger partial charge >= 0.3 is 0 Å². The Morgan fingerprint density at radius 2 is 1.58 bits per heavy atom. The summed E-state index contributed by atoms with van der Waals surface area (Å²) in [6, 6.07) is 19.8. The Bertz CT molecular complexity index is 1250. The highest BCUT2D eigenvalue weighted by Gasteiger charge is 2.17. The van der Waals surface area contributed by atoms with Gasteiger partial charge in [-0.1, -0.05) is 30.3 Å². The number of amides is 1. The average Bonchev–Trinajstić information content (AvgIpc) is 3.33. The molecule has 1 saturated heterocycles. The van der Waals surface area contributed by atoms with Gasteiger partial charge in [-0.05, 0) is 66.9 Å². The van der Waals surface area contributed by atoms with Crippen molar-refractivity contribution in [3.8, 4) is 0 Å². The van der Waals surface area contributed by atoms with Crippen molar-refractivity contribution in [3.63, 3.8) is 0 Å². The molecule has 0 aromatic heterocycles. The van der Waals surface area contributed by atoms with Gasteiger partial charge < -0.3 is 10.2 Å².